The van der Waals surface area contributed by atoms with Crippen molar-refractivity contribution >= 4 is 17.7 Å². The minimum absolute atomic E-state index is 0.0156. The first-order valence-corrected chi connectivity index (χ1v) is 7.97. The van der Waals surface area contributed by atoms with Crippen LogP contribution in [0.4, 0.5) is 19.3 Å². The van der Waals surface area contributed by atoms with E-state index in [-0.39, 0.29) is 31.4 Å². The van der Waals surface area contributed by atoms with Gasteiger partial charge in [-0.2, -0.15) is 0 Å². The summed E-state index contributed by atoms with van der Waals surface area (Å²) in [4.78, 5) is 26.2. The Morgan fingerprint density at radius 3 is 2.36 bits per heavy atom. The molecule has 8 heteroatoms. The molecule has 1 unspecified atom stereocenters. The highest BCUT2D eigenvalue weighted by atomic mass is 19.2. The van der Waals surface area contributed by atoms with E-state index >= 15 is 0 Å². The monoisotopic (exact) mass is 356 g/mol. The van der Waals surface area contributed by atoms with Gasteiger partial charge in [0.25, 0.3) is 0 Å². The van der Waals surface area contributed by atoms with E-state index in [0.29, 0.717) is 0 Å². The highest BCUT2D eigenvalue weighted by Gasteiger charge is 2.32. The first-order valence-electron chi connectivity index (χ1n) is 7.97. The molecule has 1 N–H and O–H groups in total. The van der Waals surface area contributed by atoms with Crippen LogP contribution in [-0.2, 0) is 4.74 Å². The van der Waals surface area contributed by atoms with Crippen LogP contribution >= 0.6 is 0 Å². The number of rotatable bonds is 2. The van der Waals surface area contributed by atoms with Gasteiger partial charge in [0.05, 0.1) is 11.3 Å². The summed E-state index contributed by atoms with van der Waals surface area (Å²) in [5.41, 5.74) is -1.34. The molecule has 0 saturated carbocycles. The number of carboxylic acid groups (broad SMARTS) is 1. The van der Waals surface area contributed by atoms with Gasteiger partial charge in [-0.25, -0.2) is 18.4 Å². The van der Waals surface area contributed by atoms with E-state index in [1.165, 1.54) is 6.07 Å². The molecule has 1 amide bonds. The van der Waals surface area contributed by atoms with Crippen LogP contribution in [0.25, 0.3) is 0 Å². The molecule has 1 atom stereocenters. The summed E-state index contributed by atoms with van der Waals surface area (Å²) >= 11 is 0. The lowest BCUT2D eigenvalue weighted by Crippen LogP contribution is -2.55. The van der Waals surface area contributed by atoms with E-state index in [1.54, 1.807) is 37.5 Å². The van der Waals surface area contributed by atoms with Crippen molar-refractivity contribution in [3.8, 4) is 0 Å². The highest BCUT2D eigenvalue weighted by molar-refractivity contribution is 5.88. The number of anilines is 1. The number of piperazine rings is 1. The Kier molecular flexibility index (Phi) is 5.20. The first kappa shape index (κ1) is 19.0. The van der Waals surface area contributed by atoms with Crippen molar-refractivity contribution < 1.29 is 28.2 Å². The Labute approximate surface area is 145 Å². The molecule has 138 valence electrons. The number of amides is 1. The van der Waals surface area contributed by atoms with Crippen molar-refractivity contribution in [2.75, 3.05) is 24.5 Å². The van der Waals surface area contributed by atoms with E-state index in [9.17, 15) is 18.4 Å². The third-order valence-corrected chi connectivity index (χ3v) is 3.89. The molecule has 0 spiro atoms. The van der Waals surface area contributed by atoms with E-state index in [4.69, 9.17) is 9.84 Å². The van der Waals surface area contributed by atoms with Gasteiger partial charge in [0.2, 0.25) is 0 Å². The van der Waals surface area contributed by atoms with Gasteiger partial charge in [-0.05, 0) is 39.8 Å². The quantitative estimate of drug-likeness (QED) is 0.882. The number of carboxylic acids is 1. The van der Waals surface area contributed by atoms with Crippen molar-refractivity contribution in [3.05, 3.63) is 29.3 Å². The van der Waals surface area contributed by atoms with Crippen molar-refractivity contribution in [1.82, 2.24) is 4.90 Å². The van der Waals surface area contributed by atoms with Crippen molar-refractivity contribution in [2.45, 2.75) is 39.3 Å². The standard InChI is InChI=1S/C17H22F2N2O4/c1-10-9-20(7-8-21(10)16(24)25-17(2,3)4)12-6-5-11(15(22)23)13(18)14(12)19/h5-6,10H,7-9H2,1-4H3,(H,22,23). The number of ether oxygens (including phenoxy) is 1. The van der Waals surface area contributed by atoms with Gasteiger partial charge < -0.3 is 19.6 Å². The number of carbonyl (C=O) groups excluding carboxylic acids is 1. The minimum atomic E-state index is -1.52. The Balaban J connectivity index is 2.15. The molecule has 1 aliphatic heterocycles. The maximum atomic E-state index is 14.2. The van der Waals surface area contributed by atoms with Crippen LogP contribution in [0.1, 0.15) is 38.1 Å². The third kappa shape index (κ3) is 4.18. The zero-order valence-corrected chi connectivity index (χ0v) is 14.7. The average Bonchev–Trinajstić information content (AvgIpc) is 2.47. The van der Waals surface area contributed by atoms with Crippen molar-refractivity contribution in [2.24, 2.45) is 0 Å². The van der Waals surface area contributed by atoms with Crippen molar-refractivity contribution in [1.29, 1.82) is 0 Å². The van der Waals surface area contributed by atoms with Gasteiger partial charge in [-0.3, -0.25) is 0 Å². The summed E-state index contributed by atoms with van der Waals surface area (Å²) in [6, 6.07) is 2.02. The molecular weight excluding hydrogens is 334 g/mol. The topological polar surface area (TPSA) is 70.1 Å². The second-order valence-corrected chi connectivity index (χ2v) is 7.03. The molecule has 1 aliphatic rings. The number of benzene rings is 1. The van der Waals surface area contributed by atoms with Crippen LogP contribution in [0.2, 0.25) is 0 Å². The van der Waals surface area contributed by atoms with E-state index < -0.39 is 34.9 Å². The van der Waals surface area contributed by atoms with Crippen LogP contribution in [-0.4, -0.2) is 53.3 Å². The van der Waals surface area contributed by atoms with Gasteiger partial charge in [0, 0.05) is 25.7 Å². The molecule has 1 saturated heterocycles. The van der Waals surface area contributed by atoms with Gasteiger partial charge in [0.1, 0.15) is 5.60 Å². The first-order chi connectivity index (χ1) is 11.5. The number of halogens is 2. The smallest absolute Gasteiger partial charge is 0.410 e. The Hall–Kier alpha value is -2.38. The average molecular weight is 356 g/mol. The fraction of sp³-hybridized carbons (Fsp3) is 0.529. The van der Waals surface area contributed by atoms with Crippen LogP contribution in [0.3, 0.4) is 0 Å². The number of hydrogen-bond acceptors (Lipinski definition) is 4. The fourth-order valence-corrected chi connectivity index (χ4v) is 2.72. The summed E-state index contributed by atoms with van der Waals surface area (Å²) in [5.74, 6) is -4.10. The number of nitrogens with zero attached hydrogens (tertiary/aromatic N) is 2. The van der Waals surface area contributed by atoms with Gasteiger partial charge in [-0.15, -0.1) is 0 Å². The zero-order chi connectivity index (χ0) is 18.9. The lowest BCUT2D eigenvalue weighted by molar-refractivity contribution is 0.0158. The predicted molar refractivity (Wildman–Crippen MR) is 87.9 cm³/mol. The lowest BCUT2D eigenvalue weighted by Gasteiger charge is -2.41. The van der Waals surface area contributed by atoms with E-state index in [0.717, 1.165) is 6.07 Å². The number of hydrogen-bond donors (Lipinski definition) is 1. The Morgan fingerprint density at radius 1 is 1.20 bits per heavy atom. The van der Waals surface area contributed by atoms with E-state index in [1.807, 2.05) is 0 Å². The summed E-state index contributed by atoms with van der Waals surface area (Å²) in [6.45, 7) is 7.96. The summed E-state index contributed by atoms with van der Waals surface area (Å²) < 4.78 is 33.5. The molecule has 6 nitrogen and oxygen atoms in total. The summed E-state index contributed by atoms with van der Waals surface area (Å²) in [5, 5.41) is 8.84. The normalized spacial score (nSPS) is 18.2. The minimum Gasteiger partial charge on any atom is -0.478 e. The number of carbonyl (C=O) groups is 2. The summed E-state index contributed by atoms with van der Waals surface area (Å²) in [7, 11) is 0. The van der Waals surface area contributed by atoms with Crippen LogP contribution in [0.15, 0.2) is 12.1 Å². The molecule has 0 radical (unpaired) electrons. The third-order valence-electron chi connectivity index (χ3n) is 3.89. The maximum absolute atomic E-state index is 14.2. The van der Waals surface area contributed by atoms with Gasteiger partial charge >= 0.3 is 12.1 Å². The molecule has 0 aromatic heterocycles. The molecule has 0 aliphatic carbocycles. The molecule has 1 aromatic carbocycles. The van der Waals surface area contributed by atoms with Crippen LogP contribution in [0.5, 0.6) is 0 Å². The Bertz CT molecular complexity index is 688. The molecule has 25 heavy (non-hydrogen) atoms. The van der Waals surface area contributed by atoms with Crippen molar-refractivity contribution in [3.63, 3.8) is 0 Å². The maximum Gasteiger partial charge on any atom is 0.410 e. The molecule has 0 bridgehead atoms. The molecule has 1 heterocycles. The Morgan fingerprint density at radius 2 is 1.84 bits per heavy atom. The lowest BCUT2D eigenvalue weighted by atomic mass is 10.1. The van der Waals surface area contributed by atoms with Crippen LogP contribution in [0, 0.1) is 11.6 Å². The van der Waals surface area contributed by atoms with Crippen LogP contribution < -0.4 is 4.90 Å². The molecule has 1 aromatic rings. The van der Waals surface area contributed by atoms with E-state index in [2.05, 4.69) is 0 Å². The SMILES string of the molecule is CC1CN(c2ccc(C(=O)O)c(F)c2F)CCN1C(=O)OC(C)(C)C. The number of aromatic carboxylic acids is 1. The zero-order valence-electron chi connectivity index (χ0n) is 14.7. The molecular formula is C17H22F2N2O4. The molecule has 2 rings (SSSR count). The van der Waals surface area contributed by atoms with Gasteiger partial charge in [-0.1, -0.05) is 0 Å². The summed E-state index contributed by atoms with van der Waals surface area (Å²) in [6.07, 6.45) is -0.451. The largest absolute Gasteiger partial charge is 0.478 e. The van der Waals surface area contributed by atoms with Gasteiger partial charge in [0.15, 0.2) is 11.6 Å². The fourth-order valence-electron chi connectivity index (χ4n) is 2.72. The second-order valence-electron chi connectivity index (χ2n) is 7.03. The molecule has 1 fully saturated rings. The second kappa shape index (κ2) is 6.85. The predicted octanol–water partition coefficient (Wildman–Crippen LogP) is 3.11. The highest BCUT2D eigenvalue weighted by Crippen LogP contribution is 2.27.